The first kappa shape index (κ1) is 13.1. The van der Waals surface area contributed by atoms with Crippen molar-refractivity contribution in [2.24, 2.45) is 5.92 Å². The van der Waals surface area contributed by atoms with E-state index in [0.717, 1.165) is 5.01 Å². The van der Waals surface area contributed by atoms with Gasteiger partial charge >= 0.3 is 5.97 Å². The zero-order chi connectivity index (χ0) is 12.3. The molecule has 4 nitrogen and oxygen atoms in total. The third-order valence-corrected chi connectivity index (χ3v) is 3.79. The van der Waals surface area contributed by atoms with Crippen LogP contribution in [0.3, 0.4) is 0 Å². The minimum absolute atomic E-state index is 0.101. The highest BCUT2D eigenvalue weighted by molar-refractivity contribution is 7.09. The fourth-order valence-corrected chi connectivity index (χ4v) is 2.23. The number of nitrogens with one attached hydrogen (secondary N) is 1. The molecule has 5 heteroatoms. The summed E-state index contributed by atoms with van der Waals surface area (Å²) in [6.45, 7) is 7.61. The molecule has 0 aliphatic heterocycles. The van der Waals surface area contributed by atoms with E-state index in [9.17, 15) is 4.79 Å². The van der Waals surface area contributed by atoms with Crippen molar-refractivity contribution in [3.05, 3.63) is 16.6 Å². The Morgan fingerprint density at radius 3 is 2.62 bits per heavy atom. The fourth-order valence-electron chi connectivity index (χ4n) is 1.50. The molecule has 0 spiro atoms. The second-order valence-electron chi connectivity index (χ2n) is 4.52. The summed E-state index contributed by atoms with van der Waals surface area (Å²) in [6, 6.07) is -0.101. The molecule has 0 amide bonds. The van der Waals surface area contributed by atoms with Crippen molar-refractivity contribution in [2.75, 3.05) is 0 Å². The van der Waals surface area contributed by atoms with Crippen LogP contribution < -0.4 is 5.32 Å². The summed E-state index contributed by atoms with van der Waals surface area (Å²) in [5.74, 6) is -1.20. The lowest BCUT2D eigenvalue weighted by Crippen LogP contribution is -2.46. The normalized spacial score (nSPS) is 15.8. The topological polar surface area (TPSA) is 62.2 Å². The van der Waals surface area contributed by atoms with Crippen LogP contribution in [0.5, 0.6) is 0 Å². The Balaban J connectivity index is 2.70. The van der Waals surface area contributed by atoms with E-state index >= 15 is 0 Å². The van der Waals surface area contributed by atoms with E-state index in [4.69, 9.17) is 5.11 Å². The van der Waals surface area contributed by atoms with Gasteiger partial charge < -0.3 is 10.4 Å². The number of nitrogens with zero attached hydrogens (tertiary/aromatic N) is 1. The fraction of sp³-hybridized carbons (Fsp3) is 0.636. The largest absolute Gasteiger partial charge is 0.481 e. The van der Waals surface area contributed by atoms with Crippen LogP contribution in [0.2, 0.25) is 0 Å². The van der Waals surface area contributed by atoms with Crippen molar-refractivity contribution in [1.82, 2.24) is 10.3 Å². The molecule has 0 aromatic carbocycles. The first-order valence-corrected chi connectivity index (χ1v) is 6.13. The molecule has 90 valence electrons. The van der Waals surface area contributed by atoms with Gasteiger partial charge in [0, 0.05) is 17.6 Å². The Morgan fingerprint density at radius 1 is 1.56 bits per heavy atom. The molecule has 0 saturated heterocycles. The number of aromatic nitrogens is 1. The molecule has 0 bridgehead atoms. The van der Waals surface area contributed by atoms with Crippen LogP contribution in [0.15, 0.2) is 11.6 Å². The number of carbonyl (C=O) groups is 1. The van der Waals surface area contributed by atoms with Gasteiger partial charge in [0.05, 0.1) is 11.5 Å². The first-order valence-electron chi connectivity index (χ1n) is 5.25. The van der Waals surface area contributed by atoms with Crippen molar-refractivity contribution in [3.63, 3.8) is 0 Å². The Kier molecular flexibility index (Phi) is 4.04. The molecular weight excluding hydrogens is 224 g/mol. The first-order chi connectivity index (χ1) is 7.34. The van der Waals surface area contributed by atoms with Gasteiger partial charge in [0.2, 0.25) is 0 Å². The molecule has 2 atom stereocenters. The van der Waals surface area contributed by atoms with E-state index in [-0.39, 0.29) is 11.6 Å². The van der Waals surface area contributed by atoms with Crippen LogP contribution in [-0.4, -0.2) is 22.1 Å². The minimum Gasteiger partial charge on any atom is -0.481 e. The molecule has 0 radical (unpaired) electrons. The monoisotopic (exact) mass is 242 g/mol. The average Bonchev–Trinajstić information content (AvgIpc) is 2.68. The van der Waals surface area contributed by atoms with Crippen LogP contribution in [0.25, 0.3) is 0 Å². The molecule has 1 heterocycles. The molecule has 1 rings (SSSR count). The van der Waals surface area contributed by atoms with Crippen LogP contribution in [0.4, 0.5) is 0 Å². The predicted octanol–water partition coefficient (Wildman–Crippen LogP) is 2.08. The molecule has 16 heavy (non-hydrogen) atoms. The molecule has 0 fully saturated rings. The summed E-state index contributed by atoms with van der Waals surface area (Å²) in [6.07, 6.45) is 1.76. The van der Waals surface area contributed by atoms with Gasteiger partial charge in [-0.25, -0.2) is 4.98 Å². The van der Waals surface area contributed by atoms with Crippen LogP contribution in [0, 0.1) is 5.92 Å². The summed E-state index contributed by atoms with van der Waals surface area (Å²) in [7, 11) is 0. The average molecular weight is 242 g/mol. The maximum Gasteiger partial charge on any atom is 0.307 e. The Hall–Kier alpha value is -0.940. The summed E-state index contributed by atoms with van der Waals surface area (Å²) in [5.41, 5.74) is -0.294. The van der Waals surface area contributed by atoms with Gasteiger partial charge in [-0.1, -0.05) is 6.92 Å². The third kappa shape index (κ3) is 3.02. The summed E-state index contributed by atoms with van der Waals surface area (Å²) in [4.78, 5) is 15.1. The summed E-state index contributed by atoms with van der Waals surface area (Å²) < 4.78 is 0. The number of rotatable bonds is 5. The lowest BCUT2D eigenvalue weighted by Gasteiger charge is -2.30. The molecule has 0 aliphatic carbocycles. The van der Waals surface area contributed by atoms with Crippen LogP contribution in [0.1, 0.15) is 32.7 Å². The summed E-state index contributed by atoms with van der Waals surface area (Å²) >= 11 is 1.57. The number of carboxylic acid groups (broad SMARTS) is 1. The Bertz CT molecular complexity index is 349. The number of thiazole rings is 1. The second-order valence-corrected chi connectivity index (χ2v) is 5.42. The zero-order valence-corrected chi connectivity index (χ0v) is 10.8. The smallest absolute Gasteiger partial charge is 0.307 e. The zero-order valence-electron chi connectivity index (χ0n) is 10.0. The van der Waals surface area contributed by atoms with Gasteiger partial charge in [-0.2, -0.15) is 0 Å². The number of hydrogen-bond acceptors (Lipinski definition) is 4. The molecule has 0 aliphatic rings. The van der Waals surface area contributed by atoms with Gasteiger partial charge in [-0.05, 0) is 20.8 Å². The molecular formula is C11H18N2O2S. The minimum atomic E-state index is -0.782. The SMILES string of the molecule is CC(NC(C)(C)c1nccs1)C(C)C(=O)O. The van der Waals surface area contributed by atoms with E-state index in [2.05, 4.69) is 10.3 Å². The van der Waals surface area contributed by atoms with Crippen LogP contribution >= 0.6 is 11.3 Å². The maximum atomic E-state index is 10.9. The Morgan fingerprint density at radius 2 is 2.19 bits per heavy atom. The van der Waals surface area contributed by atoms with Crippen molar-refractivity contribution in [3.8, 4) is 0 Å². The third-order valence-electron chi connectivity index (χ3n) is 2.70. The highest BCUT2D eigenvalue weighted by Crippen LogP contribution is 2.23. The lowest BCUT2D eigenvalue weighted by molar-refractivity contribution is -0.142. The van der Waals surface area contributed by atoms with E-state index in [1.807, 2.05) is 26.2 Å². The molecule has 0 saturated carbocycles. The van der Waals surface area contributed by atoms with Gasteiger partial charge in [0.15, 0.2) is 0 Å². The number of hydrogen-bond donors (Lipinski definition) is 2. The standard InChI is InChI=1S/C11H18N2O2S/c1-7(9(14)15)8(2)13-11(3,4)10-12-5-6-16-10/h5-8,13H,1-4H3,(H,14,15). The highest BCUT2D eigenvalue weighted by atomic mass is 32.1. The lowest BCUT2D eigenvalue weighted by atomic mass is 9.98. The van der Waals surface area contributed by atoms with Gasteiger partial charge in [-0.3, -0.25) is 4.79 Å². The second kappa shape index (κ2) is 4.93. The maximum absolute atomic E-state index is 10.9. The highest BCUT2D eigenvalue weighted by Gasteiger charge is 2.29. The van der Waals surface area contributed by atoms with Gasteiger partial charge in [-0.15, -0.1) is 11.3 Å². The van der Waals surface area contributed by atoms with Crippen molar-refractivity contribution in [2.45, 2.75) is 39.3 Å². The van der Waals surface area contributed by atoms with Gasteiger partial charge in [0.1, 0.15) is 5.01 Å². The van der Waals surface area contributed by atoms with Crippen molar-refractivity contribution in [1.29, 1.82) is 0 Å². The van der Waals surface area contributed by atoms with E-state index in [0.29, 0.717) is 0 Å². The van der Waals surface area contributed by atoms with Crippen molar-refractivity contribution >= 4 is 17.3 Å². The predicted molar refractivity (Wildman–Crippen MR) is 64.5 cm³/mol. The van der Waals surface area contributed by atoms with E-state index in [1.165, 1.54) is 0 Å². The number of carboxylic acids is 1. The number of aliphatic carboxylic acids is 1. The Labute approximate surface area is 99.7 Å². The molecule has 1 aromatic heterocycles. The molecule has 2 N–H and O–H groups in total. The van der Waals surface area contributed by atoms with E-state index in [1.54, 1.807) is 24.5 Å². The summed E-state index contributed by atoms with van der Waals surface area (Å²) in [5, 5.41) is 15.1. The quantitative estimate of drug-likeness (QED) is 0.830. The molecule has 2 unspecified atom stereocenters. The van der Waals surface area contributed by atoms with E-state index < -0.39 is 11.9 Å². The molecule has 1 aromatic rings. The van der Waals surface area contributed by atoms with Crippen LogP contribution in [-0.2, 0) is 10.3 Å². The van der Waals surface area contributed by atoms with Gasteiger partial charge in [0.25, 0.3) is 0 Å². The van der Waals surface area contributed by atoms with Crippen molar-refractivity contribution < 1.29 is 9.90 Å².